The SMILES string of the molecule is CN1CCN(C(CC(=O)O)c2cccc(Cl)c2)CC1. The van der Waals surface area contributed by atoms with Gasteiger partial charge in [0.15, 0.2) is 0 Å². The third-order valence-electron chi connectivity index (χ3n) is 3.58. The molecule has 1 saturated heterocycles. The fourth-order valence-corrected chi connectivity index (χ4v) is 2.67. The summed E-state index contributed by atoms with van der Waals surface area (Å²) in [5.41, 5.74) is 0.986. The van der Waals surface area contributed by atoms with Gasteiger partial charge in [0.05, 0.1) is 6.42 Å². The van der Waals surface area contributed by atoms with Gasteiger partial charge in [-0.3, -0.25) is 9.69 Å². The van der Waals surface area contributed by atoms with E-state index in [9.17, 15) is 4.79 Å². The summed E-state index contributed by atoms with van der Waals surface area (Å²) < 4.78 is 0. The molecule has 104 valence electrons. The van der Waals surface area contributed by atoms with Crippen LogP contribution in [0.3, 0.4) is 0 Å². The highest BCUT2D eigenvalue weighted by atomic mass is 35.5. The first-order valence-electron chi connectivity index (χ1n) is 6.46. The van der Waals surface area contributed by atoms with Crippen molar-refractivity contribution in [2.24, 2.45) is 0 Å². The molecule has 0 spiro atoms. The average molecular weight is 283 g/mol. The summed E-state index contributed by atoms with van der Waals surface area (Å²) >= 11 is 6.01. The molecule has 1 aromatic carbocycles. The Morgan fingerprint density at radius 1 is 1.37 bits per heavy atom. The minimum atomic E-state index is -0.774. The summed E-state index contributed by atoms with van der Waals surface area (Å²) in [6, 6.07) is 7.42. The Kier molecular flexibility index (Phi) is 4.80. The normalized spacial score (nSPS) is 19.3. The Labute approximate surface area is 118 Å². The monoisotopic (exact) mass is 282 g/mol. The van der Waals surface area contributed by atoms with Gasteiger partial charge in [-0.2, -0.15) is 0 Å². The largest absolute Gasteiger partial charge is 0.481 e. The van der Waals surface area contributed by atoms with Crippen LogP contribution in [0.2, 0.25) is 5.02 Å². The molecule has 5 heteroatoms. The molecule has 0 amide bonds. The molecule has 1 atom stereocenters. The Morgan fingerprint density at radius 3 is 2.63 bits per heavy atom. The van der Waals surface area contributed by atoms with E-state index in [1.165, 1.54) is 0 Å². The Morgan fingerprint density at radius 2 is 2.05 bits per heavy atom. The highest BCUT2D eigenvalue weighted by Gasteiger charge is 2.25. The number of hydrogen-bond acceptors (Lipinski definition) is 3. The second kappa shape index (κ2) is 6.37. The number of likely N-dealkylation sites (N-methyl/N-ethyl adjacent to an activating group) is 1. The maximum absolute atomic E-state index is 11.1. The Balaban J connectivity index is 2.18. The number of halogens is 1. The first-order chi connectivity index (χ1) is 9.06. The molecule has 1 unspecified atom stereocenters. The number of rotatable bonds is 4. The van der Waals surface area contributed by atoms with Gasteiger partial charge in [0.1, 0.15) is 0 Å². The lowest BCUT2D eigenvalue weighted by Gasteiger charge is -2.37. The third kappa shape index (κ3) is 3.93. The van der Waals surface area contributed by atoms with E-state index < -0.39 is 5.97 Å². The molecule has 1 N–H and O–H groups in total. The van der Waals surface area contributed by atoms with Crippen LogP contribution >= 0.6 is 11.6 Å². The van der Waals surface area contributed by atoms with Crippen molar-refractivity contribution in [1.82, 2.24) is 9.80 Å². The van der Waals surface area contributed by atoms with Crippen LogP contribution in [0.25, 0.3) is 0 Å². The lowest BCUT2D eigenvalue weighted by Crippen LogP contribution is -2.46. The number of carbonyl (C=O) groups is 1. The molecule has 1 heterocycles. The van der Waals surface area contributed by atoms with E-state index >= 15 is 0 Å². The Hall–Kier alpha value is -1.10. The van der Waals surface area contributed by atoms with Crippen LogP contribution in [0.4, 0.5) is 0 Å². The Bertz CT molecular complexity index is 445. The van der Waals surface area contributed by atoms with Gasteiger partial charge in [0.2, 0.25) is 0 Å². The van der Waals surface area contributed by atoms with Crippen molar-refractivity contribution >= 4 is 17.6 Å². The van der Waals surface area contributed by atoms with Crippen LogP contribution in [0, 0.1) is 0 Å². The van der Waals surface area contributed by atoms with Crippen molar-refractivity contribution in [2.75, 3.05) is 33.2 Å². The van der Waals surface area contributed by atoms with Gasteiger partial charge in [0.25, 0.3) is 0 Å². The van der Waals surface area contributed by atoms with E-state index in [4.69, 9.17) is 16.7 Å². The van der Waals surface area contributed by atoms with Crippen LogP contribution < -0.4 is 0 Å². The van der Waals surface area contributed by atoms with Gasteiger partial charge >= 0.3 is 5.97 Å². The molecular formula is C14H19ClN2O2. The number of aliphatic carboxylic acids is 1. The molecule has 0 aromatic heterocycles. The van der Waals surface area contributed by atoms with Gasteiger partial charge in [0, 0.05) is 37.2 Å². The first-order valence-corrected chi connectivity index (χ1v) is 6.84. The minimum absolute atomic E-state index is 0.0927. The van der Waals surface area contributed by atoms with Crippen molar-refractivity contribution in [1.29, 1.82) is 0 Å². The van der Waals surface area contributed by atoms with Gasteiger partial charge < -0.3 is 10.0 Å². The third-order valence-corrected chi connectivity index (χ3v) is 3.82. The van der Waals surface area contributed by atoms with Crippen molar-refractivity contribution in [3.05, 3.63) is 34.9 Å². The second-order valence-electron chi connectivity index (χ2n) is 5.01. The summed E-state index contributed by atoms with van der Waals surface area (Å²) in [5, 5.41) is 9.78. The summed E-state index contributed by atoms with van der Waals surface area (Å²) in [5.74, 6) is -0.774. The van der Waals surface area contributed by atoms with Crippen molar-refractivity contribution in [3.63, 3.8) is 0 Å². The van der Waals surface area contributed by atoms with Crippen LogP contribution in [0.15, 0.2) is 24.3 Å². The number of hydrogen-bond donors (Lipinski definition) is 1. The zero-order valence-corrected chi connectivity index (χ0v) is 11.8. The summed E-state index contributed by atoms with van der Waals surface area (Å²) in [6.07, 6.45) is 0.115. The van der Waals surface area contributed by atoms with E-state index in [2.05, 4.69) is 16.8 Å². The summed E-state index contributed by atoms with van der Waals surface area (Å²) in [6.45, 7) is 3.72. The van der Waals surface area contributed by atoms with E-state index in [1.807, 2.05) is 24.3 Å². The van der Waals surface area contributed by atoms with Gasteiger partial charge in [-0.15, -0.1) is 0 Å². The number of nitrogens with zero attached hydrogens (tertiary/aromatic N) is 2. The smallest absolute Gasteiger partial charge is 0.305 e. The average Bonchev–Trinajstić information content (AvgIpc) is 2.37. The standard InChI is InChI=1S/C14H19ClN2O2/c1-16-5-7-17(8-6-16)13(10-14(18)19)11-3-2-4-12(15)9-11/h2-4,9,13H,5-8,10H2,1H3,(H,18,19). The van der Waals surface area contributed by atoms with Crippen LogP contribution in [-0.4, -0.2) is 54.1 Å². The summed E-state index contributed by atoms with van der Waals surface area (Å²) in [4.78, 5) is 15.6. The molecule has 1 aliphatic rings. The first kappa shape index (κ1) is 14.3. The fraction of sp³-hybridized carbons (Fsp3) is 0.500. The highest BCUT2D eigenvalue weighted by Crippen LogP contribution is 2.27. The molecule has 4 nitrogen and oxygen atoms in total. The van der Waals surface area contributed by atoms with E-state index in [0.717, 1.165) is 31.7 Å². The lowest BCUT2D eigenvalue weighted by atomic mass is 10.0. The molecule has 2 rings (SSSR count). The molecule has 0 bridgehead atoms. The van der Waals surface area contributed by atoms with Gasteiger partial charge in [-0.25, -0.2) is 0 Å². The second-order valence-corrected chi connectivity index (χ2v) is 5.44. The lowest BCUT2D eigenvalue weighted by molar-refractivity contribution is -0.138. The molecule has 0 radical (unpaired) electrons. The predicted molar refractivity (Wildman–Crippen MR) is 75.5 cm³/mol. The fourth-order valence-electron chi connectivity index (χ4n) is 2.47. The molecule has 1 aliphatic heterocycles. The van der Waals surface area contributed by atoms with Gasteiger partial charge in [-0.1, -0.05) is 23.7 Å². The van der Waals surface area contributed by atoms with Crippen molar-refractivity contribution < 1.29 is 9.90 Å². The number of piperazine rings is 1. The van der Waals surface area contributed by atoms with Crippen LogP contribution in [0.5, 0.6) is 0 Å². The highest BCUT2D eigenvalue weighted by molar-refractivity contribution is 6.30. The maximum atomic E-state index is 11.1. The number of benzene rings is 1. The summed E-state index contributed by atoms with van der Waals surface area (Å²) in [7, 11) is 2.09. The quantitative estimate of drug-likeness (QED) is 0.919. The molecular weight excluding hydrogens is 264 g/mol. The zero-order chi connectivity index (χ0) is 13.8. The molecule has 0 aliphatic carbocycles. The molecule has 19 heavy (non-hydrogen) atoms. The van der Waals surface area contributed by atoms with E-state index in [0.29, 0.717) is 5.02 Å². The van der Waals surface area contributed by atoms with Crippen molar-refractivity contribution in [2.45, 2.75) is 12.5 Å². The van der Waals surface area contributed by atoms with Crippen LogP contribution in [0.1, 0.15) is 18.0 Å². The molecule has 0 saturated carbocycles. The number of carboxylic acid groups (broad SMARTS) is 1. The topological polar surface area (TPSA) is 43.8 Å². The minimum Gasteiger partial charge on any atom is -0.481 e. The zero-order valence-electron chi connectivity index (χ0n) is 11.1. The van der Waals surface area contributed by atoms with Crippen LogP contribution in [-0.2, 0) is 4.79 Å². The van der Waals surface area contributed by atoms with E-state index in [-0.39, 0.29) is 12.5 Å². The predicted octanol–water partition coefficient (Wildman–Crippen LogP) is 2.10. The van der Waals surface area contributed by atoms with Gasteiger partial charge in [-0.05, 0) is 24.7 Å². The number of carboxylic acids is 1. The van der Waals surface area contributed by atoms with E-state index in [1.54, 1.807) is 0 Å². The maximum Gasteiger partial charge on any atom is 0.305 e. The molecule has 1 fully saturated rings. The van der Waals surface area contributed by atoms with Crippen molar-refractivity contribution in [3.8, 4) is 0 Å². The molecule has 1 aromatic rings.